The average Bonchev–Trinajstić information content (AvgIpc) is 2.63. The Morgan fingerprint density at radius 3 is 2.84 bits per heavy atom. The van der Waals surface area contributed by atoms with Crippen molar-refractivity contribution in [3.8, 4) is 5.88 Å². The number of nitrogens with zero attached hydrogens (tertiary/aromatic N) is 4. The Hall–Kier alpha value is -2.70. The lowest BCUT2D eigenvalue weighted by atomic mass is 10.1. The van der Waals surface area contributed by atoms with Gasteiger partial charge in [-0.3, -0.25) is 4.79 Å². The molecule has 3 rings (SSSR count). The number of halogens is 1. The second-order valence-electron chi connectivity index (χ2n) is 5.92. The summed E-state index contributed by atoms with van der Waals surface area (Å²) in [5.74, 6) is 0.642. The quantitative estimate of drug-likeness (QED) is 0.852. The smallest absolute Gasteiger partial charge is 0.259 e. The third-order valence-electron chi connectivity index (χ3n) is 4.20. The first-order valence-electron chi connectivity index (χ1n) is 8.35. The number of carbonyl (C=O) groups is 1. The van der Waals surface area contributed by atoms with Gasteiger partial charge in [0, 0.05) is 31.9 Å². The first-order valence-corrected chi connectivity index (χ1v) is 8.35. The predicted octanol–water partition coefficient (Wildman–Crippen LogP) is 2.37. The van der Waals surface area contributed by atoms with E-state index in [-0.39, 0.29) is 17.8 Å². The first-order chi connectivity index (χ1) is 12.1. The molecule has 1 aliphatic heterocycles. The summed E-state index contributed by atoms with van der Waals surface area (Å²) < 4.78 is 18.5. The lowest BCUT2D eigenvalue weighted by molar-refractivity contribution is 0.0721. The molecule has 0 aliphatic carbocycles. The monoisotopic (exact) mass is 344 g/mol. The van der Waals surface area contributed by atoms with Gasteiger partial charge in [0.2, 0.25) is 5.88 Å². The molecule has 0 aromatic carbocycles. The molecule has 1 unspecified atom stereocenters. The van der Waals surface area contributed by atoms with Crippen LogP contribution in [0.15, 0.2) is 36.7 Å². The fourth-order valence-corrected chi connectivity index (χ4v) is 3.00. The van der Waals surface area contributed by atoms with Crippen LogP contribution in [0.1, 0.15) is 24.2 Å². The molecule has 0 radical (unpaired) electrons. The van der Waals surface area contributed by atoms with Crippen LogP contribution in [0.5, 0.6) is 5.88 Å². The normalized spacial score (nSPS) is 17.5. The predicted molar refractivity (Wildman–Crippen MR) is 92.3 cm³/mol. The molecule has 1 atom stereocenters. The summed E-state index contributed by atoms with van der Waals surface area (Å²) in [5, 5.41) is 0. The molecule has 1 fully saturated rings. The van der Waals surface area contributed by atoms with E-state index in [1.807, 2.05) is 13.8 Å². The second-order valence-corrected chi connectivity index (χ2v) is 5.92. The van der Waals surface area contributed by atoms with E-state index in [4.69, 9.17) is 4.74 Å². The van der Waals surface area contributed by atoms with Crippen molar-refractivity contribution >= 4 is 11.7 Å². The number of hydrogen-bond donors (Lipinski definition) is 0. The molecule has 0 N–H and O–H groups in total. The molecular formula is C18H21FN4O2. The van der Waals surface area contributed by atoms with Crippen molar-refractivity contribution < 1.29 is 13.9 Å². The van der Waals surface area contributed by atoms with Crippen LogP contribution >= 0.6 is 0 Å². The van der Waals surface area contributed by atoms with Crippen LogP contribution in [0.2, 0.25) is 0 Å². The van der Waals surface area contributed by atoms with E-state index in [2.05, 4.69) is 14.9 Å². The summed E-state index contributed by atoms with van der Waals surface area (Å²) in [4.78, 5) is 25.0. The van der Waals surface area contributed by atoms with Gasteiger partial charge in [0.15, 0.2) is 0 Å². The van der Waals surface area contributed by atoms with Crippen molar-refractivity contribution in [3.63, 3.8) is 0 Å². The molecule has 3 heterocycles. The van der Waals surface area contributed by atoms with Gasteiger partial charge in [-0.25, -0.2) is 14.4 Å². The van der Waals surface area contributed by atoms with Crippen LogP contribution in [-0.2, 0) is 0 Å². The highest BCUT2D eigenvalue weighted by Gasteiger charge is 2.29. The summed E-state index contributed by atoms with van der Waals surface area (Å²) >= 11 is 0. The highest BCUT2D eigenvalue weighted by molar-refractivity contribution is 5.96. The summed E-state index contributed by atoms with van der Waals surface area (Å²) in [6.45, 7) is 6.09. The molecule has 0 bridgehead atoms. The Morgan fingerprint density at radius 1 is 1.32 bits per heavy atom. The summed E-state index contributed by atoms with van der Waals surface area (Å²) in [5.41, 5.74) is 0.477. The van der Waals surface area contributed by atoms with Gasteiger partial charge in [-0.1, -0.05) is 0 Å². The van der Waals surface area contributed by atoms with Crippen molar-refractivity contribution in [2.45, 2.75) is 19.9 Å². The molecule has 25 heavy (non-hydrogen) atoms. The Balaban J connectivity index is 1.72. The minimum absolute atomic E-state index is 0.0721. The topological polar surface area (TPSA) is 58.6 Å². The zero-order chi connectivity index (χ0) is 17.8. The Kier molecular flexibility index (Phi) is 5.11. The number of aromatic nitrogens is 2. The van der Waals surface area contributed by atoms with Gasteiger partial charge >= 0.3 is 0 Å². The van der Waals surface area contributed by atoms with Crippen molar-refractivity contribution in [1.29, 1.82) is 0 Å². The molecule has 0 spiro atoms. The maximum absolute atomic E-state index is 13.1. The lowest BCUT2D eigenvalue weighted by Crippen LogP contribution is -2.54. The zero-order valence-corrected chi connectivity index (χ0v) is 14.4. The van der Waals surface area contributed by atoms with Crippen LogP contribution in [0.25, 0.3) is 0 Å². The van der Waals surface area contributed by atoms with Crippen molar-refractivity contribution in [1.82, 2.24) is 14.9 Å². The Labute approximate surface area is 146 Å². The molecule has 1 amide bonds. The molecule has 0 saturated carbocycles. The SMILES string of the molecule is CCOc1ncccc1C(=O)N1CCN(c2ccc(F)cn2)C(C)C1. The van der Waals surface area contributed by atoms with E-state index in [0.717, 1.165) is 5.82 Å². The summed E-state index contributed by atoms with van der Waals surface area (Å²) in [6, 6.07) is 6.60. The van der Waals surface area contributed by atoms with E-state index >= 15 is 0 Å². The highest BCUT2D eigenvalue weighted by atomic mass is 19.1. The van der Waals surface area contributed by atoms with Gasteiger partial charge in [0.1, 0.15) is 17.2 Å². The van der Waals surface area contributed by atoms with Gasteiger partial charge < -0.3 is 14.5 Å². The highest BCUT2D eigenvalue weighted by Crippen LogP contribution is 2.22. The van der Waals surface area contributed by atoms with Crippen molar-refractivity contribution in [2.75, 3.05) is 31.1 Å². The molecular weight excluding hydrogens is 323 g/mol. The molecule has 2 aromatic rings. The van der Waals surface area contributed by atoms with Gasteiger partial charge in [-0.15, -0.1) is 0 Å². The van der Waals surface area contributed by atoms with Gasteiger partial charge in [-0.2, -0.15) is 0 Å². The number of ether oxygens (including phenoxy) is 1. The minimum Gasteiger partial charge on any atom is -0.477 e. The number of hydrogen-bond acceptors (Lipinski definition) is 5. The van der Waals surface area contributed by atoms with Gasteiger partial charge in [-0.05, 0) is 38.1 Å². The summed E-state index contributed by atoms with van der Waals surface area (Å²) in [7, 11) is 0. The van der Waals surface area contributed by atoms with E-state index in [1.54, 1.807) is 29.3 Å². The van der Waals surface area contributed by atoms with Crippen LogP contribution in [0.3, 0.4) is 0 Å². The number of anilines is 1. The average molecular weight is 344 g/mol. The molecule has 1 saturated heterocycles. The third-order valence-corrected chi connectivity index (χ3v) is 4.20. The van der Waals surface area contributed by atoms with Gasteiger partial charge in [0.25, 0.3) is 5.91 Å². The molecule has 7 heteroatoms. The van der Waals surface area contributed by atoms with E-state index in [9.17, 15) is 9.18 Å². The molecule has 132 valence electrons. The Morgan fingerprint density at radius 2 is 2.16 bits per heavy atom. The molecule has 6 nitrogen and oxygen atoms in total. The fourth-order valence-electron chi connectivity index (χ4n) is 3.00. The minimum atomic E-state index is -0.356. The van der Waals surface area contributed by atoms with E-state index in [1.165, 1.54) is 12.3 Å². The number of rotatable bonds is 4. The number of pyridine rings is 2. The molecule has 1 aliphatic rings. The first kappa shape index (κ1) is 17.1. The van der Waals surface area contributed by atoms with Crippen LogP contribution in [-0.4, -0.2) is 53.1 Å². The Bertz CT molecular complexity index is 738. The number of amides is 1. The van der Waals surface area contributed by atoms with E-state index in [0.29, 0.717) is 37.7 Å². The van der Waals surface area contributed by atoms with Crippen molar-refractivity contribution in [2.24, 2.45) is 0 Å². The van der Waals surface area contributed by atoms with Gasteiger partial charge in [0.05, 0.1) is 12.8 Å². The zero-order valence-electron chi connectivity index (χ0n) is 14.4. The van der Waals surface area contributed by atoms with Crippen LogP contribution in [0, 0.1) is 5.82 Å². The maximum atomic E-state index is 13.1. The number of piperazine rings is 1. The van der Waals surface area contributed by atoms with E-state index < -0.39 is 0 Å². The van der Waals surface area contributed by atoms with Crippen LogP contribution in [0.4, 0.5) is 10.2 Å². The standard InChI is InChI=1S/C18H21FN4O2/c1-3-25-17-15(5-4-8-20-17)18(24)22-9-10-23(13(2)12-22)16-7-6-14(19)11-21-16/h4-8,11,13H,3,9-10,12H2,1-2H3. The maximum Gasteiger partial charge on any atom is 0.259 e. The van der Waals surface area contributed by atoms with Crippen LogP contribution < -0.4 is 9.64 Å². The third kappa shape index (κ3) is 3.70. The van der Waals surface area contributed by atoms with Crippen molar-refractivity contribution in [3.05, 3.63) is 48.0 Å². The largest absolute Gasteiger partial charge is 0.477 e. The summed E-state index contributed by atoms with van der Waals surface area (Å²) in [6.07, 6.45) is 2.83. The fraction of sp³-hybridized carbons (Fsp3) is 0.389. The number of carbonyl (C=O) groups excluding carboxylic acids is 1. The lowest BCUT2D eigenvalue weighted by Gasteiger charge is -2.40. The molecule has 2 aromatic heterocycles. The second kappa shape index (κ2) is 7.46.